The third-order valence-electron chi connectivity index (χ3n) is 4.22. The van der Waals surface area contributed by atoms with Crippen molar-refractivity contribution in [1.29, 1.82) is 0 Å². The molecule has 1 aromatic heterocycles. The lowest BCUT2D eigenvalue weighted by Gasteiger charge is -2.26. The van der Waals surface area contributed by atoms with Crippen LogP contribution in [0.15, 0.2) is 41.0 Å². The smallest absolute Gasteiger partial charge is 0.238 e. The number of amides is 1. The minimum Gasteiger partial charge on any atom is -0.468 e. The van der Waals surface area contributed by atoms with E-state index in [1.165, 1.54) is 18.4 Å². The summed E-state index contributed by atoms with van der Waals surface area (Å²) < 4.78 is 42.0. The lowest BCUT2D eigenvalue weighted by molar-refractivity contribution is -0.118. The van der Waals surface area contributed by atoms with E-state index in [1.54, 1.807) is 17.0 Å². The number of hydrogen-bond donors (Lipinski definition) is 1. The highest BCUT2D eigenvalue weighted by atomic mass is 35.5. The van der Waals surface area contributed by atoms with Crippen LogP contribution in [0.1, 0.15) is 12.2 Å². The summed E-state index contributed by atoms with van der Waals surface area (Å²) in [7, 11) is -3.09. The van der Waals surface area contributed by atoms with E-state index in [-0.39, 0.29) is 35.0 Å². The van der Waals surface area contributed by atoms with Crippen molar-refractivity contribution >= 4 is 33.0 Å². The molecule has 0 bridgehead atoms. The van der Waals surface area contributed by atoms with E-state index in [0.717, 1.165) is 6.07 Å². The maximum Gasteiger partial charge on any atom is 0.238 e. The fraction of sp³-hybridized carbons (Fsp3) is 0.353. The maximum absolute atomic E-state index is 13.1. The second-order valence-corrected chi connectivity index (χ2v) is 8.85. The standard InChI is InChI=1S/C17H18ClFN2O4S/c18-15-8-12(19)3-4-16(15)20-17(22)10-21(9-14-2-1-6-25-14)13-5-7-26(23,24)11-13/h1-4,6,8,13H,5,7,9-11H2,(H,20,22)/t13-/m0/s1. The van der Waals surface area contributed by atoms with Crippen LogP contribution < -0.4 is 5.32 Å². The van der Waals surface area contributed by atoms with Gasteiger partial charge in [-0.3, -0.25) is 9.69 Å². The molecule has 1 N–H and O–H groups in total. The Balaban J connectivity index is 1.71. The third kappa shape index (κ3) is 4.84. The van der Waals surface area contributed by atoms with Gasteiger partial charge in [0.25, 0.3) is 0 Å². The van der Waals surface area contributed by atoms with E-state index in [9.17, 15) is 17.6 Å². The SMILES string of the molecule is O=C(CN(Cc1ccco1)[C@H]1CCS(=O)(=O)C1)Nc1ccc(F)cc1Cl. The van der Waals surface area contributed by atoms with Crippen LogP contribution in [-0.2, 0) is 21.2 Å². The first kappa shape index (κ1) is 18.9. The van der Waals surface area contributed by atoms with Crippen LogP contribution in [-0.4, -0.2) is 43.3 Å². The minimum absolute atomic E-state index is 0.0122. The van der Waals surface area contributed by atoms with Crippen molar-refractivity contribution < 1.29 is 22.0 Å². The van der Waals surface area contributed by atoms with Crippen LogP contribution in [0.25, 0.3) is 0 Å². The number of rotatable bonds is 6. The highest BCUT2D eigenvalue weighted by Gasteiger charge is 2.33. The number of anilines is 1. The predicted molar refractivity (Wildman–Crippen MR) is 96.2 cm³/mol. The summed E-state index contributed by atoms with van der Waals surface area (Å²) in [6.45, 7) is 0.284. The Morgan fingerprint density at radius 2 is 2.19 bits per heavy atom. The molecule has 6 nitrogen and oxygen atoms in total. The zero-order chi connectivity index (χ0) is 18.7. The number of nitrogens with zero attached hydrogens (tertiary/aromatic N) is 1. The molecule has 140 valence electrons. The molecular formula is C17H18ClFN2O4S. The summed E-state index contributed by atoms with van der Waals surface area (Å²) in [5.74, 6) is -0.101. The molecule has 0 aliphatic carbocycles. The predicted octanol–water partition coefficient (Wildman–Crippen LogP) is 2.70. The zero-order valence-electron chi connectivity index (χ0n) is 13.8. The number of hydrogen-bond acceptors (Lipinski definition) is 5. The van der Waals surface area contributed by atoms with Crippen molar-refractivity contribution in [2.24, 2.45) is 0 Å². The summed E-state index contributed by atoms with van der Waals surface area (Å²) in [6.07, 6.45) is 1.99. The van der Waals surface area contributed by atoms with Crippen molar-refractivity contribution in [2.75, 3.05) is 23.4 Å². The fourth-order valence-electron chi connectivity index (χ4n) is 2.95. The zero-order valence-corrected chi connectivity index (χ0v) is 15.4. The van der Waals surface area contributed by atoms with Gasteiger partial charge in [-0.05, 0) is 36.8 Å². The Morgan fingerprint density at radius 3 is 2.81 bits per heavy atom. The molecular weight excluding hydrogens is 383 g/mol. The molecule has 1 saturated heterocycles. The van der Waals surface area contributed by atoms with Crippen molar-refractivity contribution in [2.45, 2.75) is 19.0 Å². The van der Waals surface area contributed by atoms with Gasteiger partial charge in [-0.1, -0.05) is 11.6 Å². The van der Waals surface area contributed by atoms with E-state index in [4.69, 9.17) is 16.0 Å². The van der Waals surface area contributed by atoms with Gasteiger partial charge in [0.2, 0.25) is 5.91 Å². The fourth-order valence-corrected chi connectivity index (χ4v) is 4.92. The average molecular weight is 401 g/mol. The highest BCUT2D eigenvalue weighted by Crippen LogP contribution is 2.23. The minimum atomic E-state index is -3.09. The molecule has 26 heavy (non-hydrogen) atoms. The molecule has 2 aromatic rings. The van der Waals surface area contributed by atoms with Crippen molar-refractivity contribution in [3.63, 3.8) is 0 Å². The van der Waals surface area contributed by atoms with Crippen LogP contribution >= 0.6 is 11.6 Å². The monoisotopic (exact) mass is 400 g/mol. The van der Waals surface area contributed by atoms with Crippen LogP contribution in [0.5, 0.6) is 0 Å². The normalized spacial score (nSPS) is 19.0. The molecule has 0 unspecified atom stereocenters. The maximum atomic E-state index is 13.1. The lowest BCUT2D eigenvalue weighted by atomic mass is 10.2. The molecule has 0 saturated carbocycles. The average Bonchev–Trinajstić information content (AvgIpc) is 3.19. The highest BCUT2D eigenvalue weighted by molar-refractivity contribution is 7.91. The first-order valence-electron chi connectivity index (χ1n) is 8.04. The van der Waals surface area contributed by atoms with Crippen LogP contribution in [0.4, 0.5) is 10.1 Å². The molecule has 1 atom stereocenters. The third-order valence-corrected chi connectivity index (χ3v) is 6.28. The van der Waals surface area contributed by atoms with Gasteiger partial charge in [0, 0.05) is 6.04 Å². The quantitative estimate of drug-likeness (QED) is 0.806. The topological polar surface area (TPSA) is 79.6 Å². The van der Waals surface area contributed by atoms with Crippen LogP contribution in [0, 0.1) is 5.82 Å². The van der Waals surface area contributed by atoms with Crippen molar-refractivity contribution in [3.05, 3.63) is 53.2 Å². The van der Waals surface area contributed by atoms with Gasteiger partial charge >= 0.3 is 0 Å². The second-order valence-electron chi connectivity index (χ2n) is 6.21. The first-order valence-corrected chi connectivity index (χ1v) is 10.2. The number of benzene rings is 1. The number of nitrogens with one attached hydrogen (secondary N) is 1. The number of sulfone groups is 1. The first-order chi connectivity index (χ1) is 12.3. The Labute approximate surface area is 155 Å². The van der Waals surface area contributed by atoms with E-state index in [2.05, 4.69) is 5.32 Å². The summed E-state index contributed by atoms with van der Waals surface area (Å²) >= 11 is 5.93. The van der Waals surface area contributed by atoms with Gasteiger partial charge in [0.1, 0.15) is 11.6 Å². The lowest BCUT2D eigenvalue weighted by Crippen LogP contribution is -2.41. The second kappa shape index (κ2) is 7.77. The molecule has 9 heteroatoms. The molecule has 0 spiro atoms. The van der Waals surface area contributed by atoms with Gasteiger partial charge in [-0.15, -0.1) is 0 Å². The van der Waals surface area contributed by atoms with E-state index in [1.807, 2.05) is 0 Å². The number of halogens is 2. The Morgan fingerprint density at radius 1 is 1.38 bits per heavy atom. The molecule has 1 aliphatic rings. The van der Waals surface area contributed by atoms with Crippen molar-refractivity contribution in [1.82, 2.24) is 4.90 Å². The summed E-state index contributed by atoms with van der Waals surface area (Å²) in [5.41, 5.74) is 0.301. The molecule has 0 radical (unpaired) electrons. The summed E-state index contributed by atoms with van der Waals surface area (Å²) in [5, 5.41) is 2.73. The Hall–Kier alpha value is -1.90. The summed E-state index contributed by atoms with van der Waals surface area (Å²) in [4.78, 5) is 14.2. The van der Waals surface area contributed by atoms with E-state index in [0.29, 0.717) is 24.4 Å². The van der Waals surface area contributed by atoms with Gasteiger partial charge in [-0.25, -0.2) is 12.8 Å². The Bertz CT molecular complexity index is 886. The molecule has 3 rings (SSSR count). The van der Waals surface area contributed by atoms with Crippen molar-refractivity contribution in [3.8, 4) is 0 Å². The molecule has 1 fully saturated rings. The van der Waals surface area contributed by atoms with Gasteiger partial charge in [0.15, 0.2) is 9.84 Å². The number of carbonyl (C=O) groups is 1. The number of carbonyl (C=O) groups excluding carboxylic acids is 1. The summed E-state index contributed by atoms with van der Waals surface area (Å²) in [6, 6.07) is 6.93. The molecule has 1 aromatic carbocycles. The Kier molecular flexibility index (Phi) is 5.64. The molecule has 2 heterocycles. The van der Waals surface area contributed by atoms with Gasteiger partial charge < -0.3 is 9.73 Å². The van der Waals surface area contributed by atoms with E-state index >= 15 is 0 Å². The number of furan rings is 1. The molecule has 1 amide bonds. The largest absolute Gasteiger partial charge is 0.468 e. The van der Waals surface area contributed by atoms with Gasteiger partial charge in [0.05, 0.1) is 41.6 Å². The molecule has 1 aliphatic heterocycles. The van der Waals surface area contributed by atoms with E-state index < -0.39 is 15.7 Å². The van der Waals surface area contributed by atoms with Crippen LogP contribution in [0.2, 0.25) is 5.02 Å². The van der Waals surface area contributed by atoms with Crippen LogP contribution in [0.3, 0.4) is 0 Å². The van der Waals surface area contributed by atoms with Gasteiger partial charge in [-0.2, -0.15) is 0 Å².